The summed E-state index contributed by atoms with van der Waals surface area (Å²) < 4.78 is 1.15. The Morgan fingerprint density at radius 1 is 1.38 bits per heavy atom. The second-order valence-corrected chi connectivity index (χ2v) is 6.96. The average Bonchev–Trinajstić information content (AvgIpc) is 2.90. The number of hydrogen-bond donors (Lipinski definition) is 1. The van der Waals surface area contributed by atoms with Crippen molar-refractivity contribution in [1.82, 2.24) is 10.3 Å². The van der Waals surface area contributed by atoms with Crippen LogP contribution in [0.5, 0.6) is 0 Å². The zero-order valence-electron chi connectivity index (χ0n) is 12.8. The van der Waals surface area contributed by atoms with Crippen molar-refractivity contribution in [3.05, 3.63) is 44.8 Å². The first-order valence-electron chi connectivity index (χ1n) is 7.27. The first kappa shape index (κ1) is 16.5. The predicted molar refractivity (Wildman–Crippen MR) is 95.1 cm³/mol. The second-order valence-electron chi connectivity index (χ2n) is 5.05. The molecule has 0 saturated carbocycles. The van der Waals surface area contributed by atoms with Crippen molar-refractivity contribution in [1.29, 1.82) is 0 Å². The molecule has 3 nitrogen and oxygen atoms in total. The van der Waals surface area contributed by atoms with Gasteiger partial charge in [-0.2, -0.15) is 0 Å². The zero-order valence-corrected chi connectivity index (χ0v) is 15.2. The number of nitrogens with one attached hydrogen (secondary N) is 1. The molecule has 21 heavy (non-hydrogen) atoms. The number of nitrogens with zero attached hydrogens (tertiary/aromatic N) is 2. The Hall–Kier alpha value is -0.910. The molecule has 0 aliphatic carbocycles. The molecule has 2 heterocycles. The Labute approximate surface area is 139 Å². The molecule has 0 aliphatic heterocycles. The standard InChI is InChI=1S/C16H22BrN3S/c1-4-15(18-5-2)16-7-6-13(9-19-16)20(3)10-14-8-12(17)11-21-14/h6-9,11,15,18H,4-5,10H2,1-3H3. The van der Waals surface area contributed by atoms with E-state index in [2.05, 4.69) is 75.6 Å². The minimum atomic E-state index is 0.350. The highest BCUT2D eigenvalue weighted by molar-refractivity contribution is 9.10. The molecule has 0 aromatic carbocycles. The smallest absolute Gasteiger partial charge is 0.0574 e. The number of halogens is 1. The summed E-state index contributed by atoms with van der Waals surface area (Å²) in [7, 11) is 2.10. The van der Waals surface area contributed by atoms with Gasteiger partial charge in [0.2, 0.25) is 0 Å². The molecule has 0 spiro atoms. The quantitative estimate of drug-likeness (QED) is 0.774. The van der Waals surface area contributed by atoms with Gasteiger partial charge >= 0.3 is 0 Å². The van der Waals surface area contributed by atoms with Crippen molar-refractivity contribution >= 4 is 33.0 Å². The first-order valence-corrected chi connectivity index (χ1v) is 8.94. The van der Waals surface area contributed by atoms with Crippen LogP contribution in [0.2, 0.25) is 0 Å². The van der Waals surface area contributed by atoms with E-state index in [0.717, 1.165) is 35.4 Å². The molecule has 2 aromatic rings. The number of thiophene rings is 1. The van der Waals surface area contributed by atoms with E-state index in [-0.39, 0.29) is 0 Å². The second kappa shape index (κ2) is 7.92. The summed E-state index contributed by atoms with van der Waals surface area (Å²) in [5.74, 6) is 0. The Morgan fingerprint density at radius 3 is 2.71 bits per heavy atom. The molecule has 0 fully saturated rings. The third kappa shape index (κ3) is 4.53. The lowest BCUT2D eigenvalue weighted by Crippen LogP contribution is -2.21. The van der Waals surface area contributed by atoms with E-state index >= 15 is 0 Å². The van der Waals surface area contributed by atoms with Gasteiger partial charge in [0, 0.05) is 27.8 Å². The fourth-order valence-corrected chi connectivity index (χ4v) is 3.80. The summed E-state index contributed by atoms with van der Waals surface area (Å²) in [6.45, 7) is 6.18. The van der Waals surface area contributed by atoms with Crippen LogP contribution in [0.3, 0.4) is 0 Å². The summed E-state index contributed by atoms with van der Waals surface area (Å²) in [6.07, 6.45) is 3.03. The fourth-order valence-electron chi connectivity index (χ4n) is 2.30. The maximum atomic E-state index is 4.63. The number of hydrogen-bond acceptors (Lipinski definition) is 4. The van der Waals surface area contributed by atoms with Gasteiger partial charge in [-0.3, -0.25) is 4.98 Å². The highest BCUT2D eigenvalue weighted by Gasteiger charge is 2.10. The van der Waals surface area contributed by atoms with Crippen LogP contribution in [0.25, 0.3) is 0 Å². The maximum absolute atomic E-state index is 4.63. The summed E-state index contributed by atoms with van der Waals surface area (Å²) >= 11 is 5.27. The van der Waals surface area contributed by atoms with E-state index < -0.39 is 0 Å². The Balaban J connectivity index is 2.03. The first-order chi connectivity index (χ1) is 10.1. The molecule has 2 aromatic heterocycles. The average molecular weight is 368 g/mol. The predicted octanol–water partition coefficient (Wildman–Crippen LogP) is 4.60. The molecule has 0 amide bonds. The van der Waals surface area contributed by atoms with Crippen molar-refractivity contribution in [2.45, 2.75) is 32.9 Å². The highest BCUT2D eigenvalue weighted by Crippen LogP contribution is 2.23. The minimum absolute atomic E-state index is 0.350. The van der Waals surface area contributed by atoms with Gasteiger partial charge in [0.05, 0.1) is 24.1 Å². The molecule has 114 valence electrons. The molecule has 0 saturated heterocycles. The molecule has 0 bridgehead atoms. The van der Waals surface area contributed by atoms with Crippen molar-refractivity contribution < 1.29 is 0 Å². The number of pyridine rings is 1. The van der Waals surface area contributed by atoms with Crippen molar-refractivity contribution in [2.75, 3.05) is 18.5 Å². The molecule has 1 atom stereocenters. The fraction of sp³-hybridized carbons (Fsp3) is 0.438. The lowest BCUT2D eigenvalue weighted by molar-refractivity contribution is 0.525. The van der Waals surface area contributed by atoms with Crippen LogP contribution >= 0.6 is 27.3 Å². The Bertz CT molecular complexity index is 553. The van der Waals surface area contributed by atoms with Gasteiger partial charge in [-0.1, -0.05) is 13.8 Å². The van der Waals surface area contributed by atoms with Gasteiger partial charge in [0.1, 0.15) is 0 Å². The van der Waals surface area contributed by atoms with Crippen LogP contribution in [0, 0.1) is 0 Å². The van der Waals surface area contributed by atoms with Gasteiger partial charge < -0.3 is 10.2 Å². The van der Waals surface area contributed by atoms with Crippen LogP contribution in [0.4, 0.5) is 5.69 Å². The van der Waals surface area contributed by atoms with Crippen LogP contribution in [-0.4, -0.2) is 18.6 Å². The van der Waals surface area contributed by atoms with Gasteiger partial charge in [0.25, 0.3) is 0 Å². The van der Waals surface area contributed by atoms with E-state index in [1.54, 1.807) is 11.3 Å². The zero-order chi connectivity index (χ0) is 15.2. The number of rotatable bonds is 7. The van der Waals surface area contributed by atoms with Crippen LogP contribution < -0.4 is 10.2 Å². The lowest BCUT2D eigenvalue weighted by atomic mass is 10.1. The molecule has 5 heteroatoms. The summed E-state index contributed by atoms with van der Waals surface area (Å²) in [5, 5.41) is 5.58. The van der Waals surface area contributed by atoms with Crippen LogP contribution in [0.15, 0.2) is 34.2 Å². The highest BCUT2D eigenvalue weighted by atomic mass is 79.9. The molecular weight excluding hydrogens is 346 g/mol. The van der Waals surface area contributed by atoms with E-state index in [0.29, 0.717) is 6.04 Å². The largest absolute Gasteiger partial charge is 0.368 e. The monoisotopic (exact) mass is 367 g/mol. The van der Waals surface area contributed by atoms with E-state index in [4.69, 9.17) is 0 Å². The third-order valence-corrected chi connectivity index (χ3v) is 5.12. The molecule has 2 rings (SSSR count). The normalized spacial score (nSPS) is 12.4. The summed E-state index contributed by atoms with van der Waals surface area (Å²) in [4.78, 5) is 8.19. The molecule has 0 radical (unpaired) electrons. The van der Waals surface area contributed by atoms with Crippen LogP contribution in [-0.2, 0) is 6.54 Å². The van der Waals surface area contributed by atoms with Gasteiger partial charge in [-0.15, -0.1) is 11.3 Å². The van der Waals surface area contributed by atoms with Crippen molar-refractivity contribution in [2.24, 2.45) is 0 Å². The van der Waals surface area contributed by atoms with Gasteiger partial charge in [-0.25, -0.2) is 0 Å². The lowest BCUT2D eigenvalue weighted by Gasteiger charge is -2.20. The molecule has 0 aliphatic rings. The topological polar surface area (TPSA) is 28.2 Å². The number of aromatic nitrogens is 1. The van der Waals surface area contributed by atoms with E-state index in [1.807, 2.05) is 6.20 Å². The minimum Gasteiger partial charge on any atom is -0.368 e. The van der Waals surface area contributed by atoms with Crippen molar-refractivity contribution in [3.63, 3.8) is 0 Å². The molecular formula is C16H22BrN3S. The van der Waals surface area contributed by atoms with Gasteiger partial charge in [-0.05, 0) is 47.1 Å². The van der Waals surface area contributed by atoms with Gasteiger partial charge in [0.15, 0.2) is 0 Å². The number of anilines is 1. The molecule has 1 unspecified atom stereocenters. The Morgan fingerprint density at radius 2 is 2.19 bits per heavy atom. The van der Waals surface area contributed by atoms with Crippen LogP contribution in [0.1, 0.15) is 36.9 Å². The van der Waals surface area contributed by atoms with E-state index in [9.17, 15) is 0 Å². The molecule has 1 N–H and O–H groups in total. The maximum Gasteiger partial charge on any atom is 0.0574 e. The summed E-state index contributed by atoms with van der Waals surface area (Å²) in [5.41, 5.74) is 2.27. The third-order valence-electron chi connectivity index (χ3n) is 3.44. The van der Waals surface area contributed by atoms with E-state index in [1.165, 1.54) is 4.88 Å². The Kier molecular flexibility index (Phi) is 6.21. The summed E-state index contributed by atoms with van der Waals surface area (Å²) in [6, 6.07) is 6.81. The van der Waals surface area contributed by atoms with Crippen molar-refractivity contribution in [3.8, 4) is 0 Å². The SMILES string of the molecule is CCNC(CC)c1ccc(N(C)Cc2cc(Br)cs2)cn1.